The van der Waals surface area contributed by atoms with Crippen LogP contribution in [0.1, 0.15) is 11.4 Å². The molecule has 0 radical (unpaired) electrons. The predicted molar refractivity (Wildman–Crippen MR) is 111 cm³/mol. The van der Waals surface area contributed by atoms with Crippen molar-refractivity contribution in [1.29, 1.82) is 0 Å². The molecule has 4 aromatic rings. The molecule has 2 aromatic heterocycles. The molecule has 0 amide bonds. The molecule has 0 aliphatic heterocycles. The molecule has 0 atom stereocenters. The number of aliphatic imine (C=N–C) groups is 1. The van der Waals surface area contributed by atoms with Gasteiger partial charge in [0.25, 0.3) is 0 Å². The summed E-state index contributed by atoms with van der Waals surface area (Å²) in [6, 6.07) is 18.3. The number of pyridine rings is 1. The van der Waals surface area contributed by atoms with E-state index in [0.29, 0.717) is 19.0 Å². The second kappa shape index (κ2) is 7.96. The van der Waals surface area contributed by atoms with E-state index >= 15 is 0 Å². The van der Waals surface area contributed by atoms with Crippen molar-refractivity contribution in [3.63, 3.8) is 0 Å². The molecule has 7 nitrogen and oxygen atoms in total. The number of guanidine groups is 1. The van der Waals surface area contributed by atoms with Gasteiger partial charge < -0.3 is 15.4 Å². The topological polar surface area (TPSA) is 75.8 Å². The quantitative estimate of drug-likeness (QED) is 0.415. The van der Waals surface area contributed by atoms with Crippen LogP contribution in [-0.4, -0.2) is 34.7 Å². The van der Waals surface area contributed by atoms with Crippen molar-refractivity contribution in [3.05, 3.63) is 72.2 Å². The second-order valence-corrected chi connectivity index (χ2v) is 6.37. The molecule has 0 bridgehead atoms. The van der Waals surface area contributed by atoms with Crippen molar-refractivity contribution in [3.8, 4) is 5.75 Å². The molecule has 2 heterocycles. The molecule has 7 heteroatoms. The molecule has 2 aromatic carbocycles. The summed E-state index contributed by atoms with van der Waals surface area (Å²) >= 11 is 0. The first-order valence-electron chi connectivity index (χ1n) is 9.06. The minimum absolute atomic E-state index is 0.530. The molecule has 4 rings (SSSR count). The maximum absolute atomic E-state index is 5.28. The number of ether oxygens (including phenoxy) is 1. The van der Waals surface area contributed by atoms with Crippen molar-refractivity contribution >= 4 is 22.4 Å². The number of aromatic nitrogens is 3. The van der Waals surface area contributed by atoms with Gasteiger partial charge in [0.1, 0.15) is 5.75 Å². The number of nitrogens with one attached hydrogen (secondary N) is 2. The molecule has 142 valence electrons. The molecule has 28 heavy (non-hydrogen) atoms. The minimum Gasteiger partial charge on any atom is -0.497 e. The van der Waals surface area contributed by atoms with Gasteiger partial charge in [-0.3, -0.25) is 9.39 Å². The van der Waals surface area contributed by atoms with Gasteiger partial charge in [0.2, 0.25) is 0 Å². The molecule has 0 aliphatic carbocycles. The summed E-state index contributed by atoms with van der Waals surface area (Å²) in [6.45, 7) is 1.20. The third-order valence-electron chi connectivity index (χ3n) is 4.59. The van der Waals surface area contributed by atoms with Gasteiger partial charge in [0.15, 0.2) is 17.4 Å². The first-order valence-corrected chi connectivity index (χ1v) is 9.06. The molecule has 0 saturated carbocycles. The summed E-state index contributed by atoms with van der Waals surface area (Å²) in [5.41, 5.74) is 2.00. The fourth-order valence-electron chi connectivity index (χ4n) is 3.09. The zero-order valence-electron chi connectivity index (χ0n) is 15.9. The summed E-state index contributed by atoms with van der Waals surface area (Å²) in [5.74, 6) is 2.41. The number of hydrogen-bond donors (Lipinski definition) is 2. The first-order chi connectivity index (χ1) is 13.8. The Morgan fingerprint density at radius 2 is 1.82 bits per heavy atom. The molecule has 0 fully saturated rings. The van der Waals surface area contributed by atoms with E-state index in [1.165, 1.54) is 10.9 Å². The van der Waals surface area contributed by atoms with E-state index in [4.69, 9.17) is 4.74 Å². The zero-order chi connectivity index (χ0) is 19.3. The van der Waals surface area contributed by atoms with E-state index in [2.05, 4.69) is 50.1 Å². The van der Waals surface area contributed by atoms with Gasteiger partial charge in [-0.15, -0.1) is 10.2 Å². The van der Waals surface area contributed by atoms with E-state index in [9.17, 15) is 0 Å². The number of nitrogens with zero attached hydrogens (tertiary/aromatic N) is 4. The summed E-state index contributed by atoms with van der Waals surface area (Å²) in [5, 5.41) is 17.3. The third-order valence-corrected chi connectivity index (χ3v) is 4.59. The fourth-order valence-corrected chi connectivity index (χ4v) is 3.09. The second-order valence-electron chi connectivity index (χ2n) is 6.37. The largest absolute Gasteiger partial charge is 0.497 e. The summed E-state index contributed by atoms with van der Waals surface area (Å²) < 4.78 is 7.24. The fraction of sp³-hybridized carbons (Fsp3) is 0.190. The Bertz CT molecular complexity index is 1130. The lowest BCUT2D eigenvalue weighted by Crippen LogP contribution is -2.36. The van der Waals surface area contributed by atoms with Crippen LogP contribution in [0.3, 0.4) is 0 Å². The van der Waals surface area contributed by atoms with Gasteiger partial charge in [-0.1, -0.05) is 24.3 Å². The van der Waals surface area contributed by atoms with Crippen LogP contribution in [-0.2, 0) is 13.1 Å². The predicted octanol–water partition coefficient (Wildman–Crippen LogP) is 2.76. The van der Waals surface area contributed by atoms with Gasteiger partial charge in [-0.05, 0) is 46.7 Å². The van der Waals surface area contributed by atoms with Gasteiger partial charge in [-0.2, -0.15) is 0 Å². The lowest BCUT2D eigenvalue weighted by molar-refractivity contribution is 0.415. The number of rotatable bonds is 5. The highest BCUT2D eigenvalue weighted by molar-refractivity contribution is 5.85. The van der Waals surface area contributed by atoms with Gasteiger partial charge >= 0.3 is 0 Å². The Morgan fingerprint density at radius 3 is 2.68 bits per heavy atom. The highest BCUT2D eigenvalue weighted by Gasteiger charge is 2.06. The Hall–Kier alpha value is -3.61. The van der Waals surface area contributed by atoms with Crippen LogP contribution in [0.4, 0.5) is 0 Å². The normalized spacial score (nSPS) is 11.7. The number of benzene rings is 2. The van der Waals surface area contributed by atoms with Gasteiger partial charge in [0, 0.05) is 19.8 Å². The summed E-state index contributed by atoms with van der Waals surface area (Å²) in [6.07, 6.45) is 1.95. The average molecular weight is 374 g/mol. The van der Waals surface area contributed by atoms with Crippen LogP contribution in [0.25, 0.3) is 16.4 Å². The van der Waals surface area contributed by atoms with Crippen LogP contribution >= 0.6 is 0 Å². The molecule has 0 spiro atoms. The van der Waals surface area contributed by atoms with Crippen molar-refractivity contribution in [2.45, 2.75) is 13.1 Å². The maximum Gasteiger partial charge on any atom is 0.191 e. The van der Waals surface area contributed by atoms with Crippen LogP contribution in [0.2, 0.25) is 0 Å². The minimum atomic E-state index is 0.530. The molecule has 2 N–H and O–H groups in total. The lowest BCUT2D eigenvalue weighted by atomic mass is 10.1. The van der Waals surface area contributed by atoms with E-state index in [0.717, 1.165) is 22.6 Å². The molecule has 0 aliphatic rings. The average Bonchev–Trinajstić information content (AvgIpc) is 3.16. The molecule has 0 saturated heterocycles. The molecule has 0 unspecified atom stereocenters. The van der Waals surface area contributed by atoms with E-state index in [1.54, 1.807) is 14.2 Å². The van der Waals surface area contributed by atoms with E-state index in [1.807, 2.05) is 40.9 Å². The Labute approximate surface area is 163 Å². The molecular weight excluding hydrogens is 352 g/mol. The molecular formula is C21H22N6O. The Kier molecular flexibility index (Phi) is 5.05. The SMILES string of the molecule is CN=C(NCc1ccc2cc(OC)ccc2c1)NCc1nnc2ccccn12. The summed E-state index contributed by atoms with van der Waals surface area (Å²) in [7, 11) is 3.43. The van der Waals surface area contributed by atoms with Crippen molar-refractivity contribution < 1.29 is 4.74 Å². The number of methoxy groups -OCH3 is 1. The van der Waals surface area contributed by atoms with Crippen LogP contribution in [0.5, 0.6) is 5.75 Å². The standard InChI is InChI=1S/C21H22N6O/c1-22-21(24-14-20-26-25-19-5-3-4-10-27(19)20)23-13-15-6-7-17-12-18(28-2)9-8-16(17)11-15/h3-12H,13-14H2,1-2H3,(H2,22,23,24). The van der Waals surface area contributed by atoms with Crippen LogP contribution < -0.4 is 15.4 Å². The highest BCUT2D eigenvalue weighted by atomic mass is 16.5. The van der Waals surface area contributed by atoms with E-state index in [-0.39, 0.29) is 0 Å². The Balaban J connectivity index is 1.39. The number of hydrogen-bond acceptors (Lipinski definition) is 4. The van der Waals surface area contributed by atoms with Crippen LogP contribution in [0, 0.1) is 0 Å². The summed E-state index contributed by atoms with van der Waals surface area (Å²) in [4.78, 5) is 4.29. The van der Waals surface area contributed by atoms with Gasteiger partial charge in [-0.25, -0.2) is 0 Å². The number of fused-ring (bicyclic) bond motifs is 2. The van der Waals surface area contributed by atoms with Crippen molar-refractivity contribution in [2.24, 2.45) is 4.99 Å². The first kappa shape index (κ1) is 17.8. The maximum atomic E-state index is 5.28. The van der Waals surface area contributed by atoms with Crippen LogP contribution in [0.15, 0.2) is 65.8 Å². The van der Waals surface area contributed by atoms with Crippen molar-refractivity contribution in [1.82, 2.24) is 25.2 Å². The highest BCUT2D eigenvalue weighted by Crippen LogP contribution is 2.21. The monoisotopic (exact) mass is 374 g/mol. The zero-order valence-corrected chi connectivity index (χ0v) is 15.9. The van der Waals surface area contributed by atoms with E-state index < -0.39 is 0 Å². The smallest absolute Gasteiger partial charge is 0.191 e. The van der Waals surface area contributed by atoms with Crippen molar-refractivity contribution in [2.75, 3.05) is 14.2 Å². The third kappa shape index (κ3) is 3.73. The Morgan fingerprint density at radius 1 is 1.00 bits per heavy atom. The van der Waals surface area contributed by atoms with Gasteiger partial charge in [0.05, 0.1) is 13.7 Å². The lowest BCUT2D eigenvalue weighted by Gasteiger charge is -2.12.